The summed E-state index contributed by atoms with van der Waals surface area (Å²) in [7, 11) is 0. The standard InChI is InChI=1S/C33H28BrClN2O3S/c34-25-10-5-4-9-24(25)33(40)37-29(22-7-2-1-3-8-22)28(31(38)26-11-6-18-41-26)27(21-14-16-23(35)17-15-21)30(37)32(39)36-19-20-12-13-20/h1-11,14-18,20,27-30H,12-13,19H2,(H,36,39). The lowest BCUT2D eigenvalue weighted by molar-refractivity contribution is -0.125. The molecular formula is C33H28BrClN2O3S. The molecule has 2 fully saturated rings. The van der Waals surface area contributed by atoms with Crippen molar-refractivity contribution >= 4 is 56.5 Å². The minimum atomic E-state index is -0.923. The molecular weight excluding hydrogens is 620 g/mol. The Morgan fingerprint density at radius 1 is 0.878 bits per heavy atom. The Morgan fingerprint density at radius 3 is 2.24 bits per heavy atom. The molecule has 3 aromatic carbocycles. The van der Waals surface area contributed by atoms with Crippen LogP contribution < -0.4 is 5.32 Å². The number of ketones is 1. The van der Waals surface area contributed by atoms with Gasteiger partial charge in [-0.3, -0.25) is 14.4 Å². The van der Waals surface area contributed by atoms with E-state index < -0.39 is 23.9 Å². The van der Waals surface area contributed by atoms with Crippen LogP contribution in [0.4, 0.5) is 0 Å². The van der Waals surface area contributed by atoms with Gasteiger partial charge in [-0.25, -0.2) is 0 Å². The van der Waals surface area contributed by atoms with E-state index in [4.69, 9.17) is 11.6 Å². The number of hydrogen-bond donors (Lipinski definition) is 1. The molecule has 4 atom stereocenters. The molecule has 8 heteroatoms. The van der Waals surface area contributed by atoms with E-state index in [2.05, 4.69) is 21.2 Å². The average Bonchev–Trinajstić information content (AvgIpc) is 3.52. The Bertz CT molecular complexity index is 1560. The van der Waals surface area contributed by atoms with Gasteiger partial charge in [0.25, 0.3) is 5.91 Å². The van der Waals surface area contributed by atoms with Gasteiger partial charge in [-0.05, 0) is 81.5 Å². The van der Waals surface area contributed by atoms with Gasteiger partial charge >= 0.3 is 0 Å². The lowest BCUT2D eigenvalue weighted by Gasteiger charge is -2.32. The number of hydrogen-bond acceptors (Lipinski definition) is 4. The van der Waals surface area contributed by atoms with Gasteiger partial charge in [-0.15, -0.1) is 11.3 Å². The molecule has 1 saturated heterocycles. The van der Waals surface area contributed by atoms with Crippen LogP contribution in [0.2, 0.25) is 5.02 Å². The van der Waals surface area contributed by atoms with Gasteiger partial charge in [0.2, 0.25) is 5.91 Å². The molecule has 0 bridgehead atoms. The van der Waals surface area contributed by atoms with E-state index >= 15 is 0 Å². The van der Waals surface area contributed by atoms with Crippen LogP contribution in [0, 0.1) is 11.8 Å². The van der Waals surface area contributed by atoms with Gasteiger partial charge < -0.3 is 10.2 Å². The lowest BCUT2D eigenvalue weighted by atomic mass is 9.77. The Balaban J connectivity index is 1.57. The molecule has 208 valence electrons. The first kappa shape index (κ1) is 27.9. The summed E-state index contributed by atoms with van der Waals surface area (Å²) in [5.74, 6) is -1.50. The van der Waals surface area contributed by atoms with Crippen molar-refractivity contribution in [3.05, 3.63) is 127 Å². The largest absolute Gasteiger partial charge is 0.354 e. The maximum Gasteiger partial charge on any atom is 0.256 e. The number of carbonyl (C=O) groups is 3. The molecule has 0 radical (unpaired) electrons. The number of nitrogens with one attached hydrogen (secondary N) is 1. The lowest BCUT2D eigenvalue weighted by Crippen LogP contribution is -2.49. The summed E-state index contributed by atoms with van der Waals surface area (Å²) in [4.78, 5) is 45.6. The van der Waals surface area contributed by atoms with Crippen LogP contribution in [0.15, 0.2) is 101 Å². The summed E-state index contributed by atoms with van der Waals surface area (Å²) in [6, 6.07) is 26.2. The van der Waals surface area contributed by atoms with E-state index in [1.54, 1.807) is 29.2 Å². The van der Waals surface area contributed by atoms with Crippen molar-refractivity contribution in [2.24, 2.45) is 11.8 Å². The van der Waals surface area contributed by atoms with E-state index in [0.29, 0.717) is 32.4 Å². The molecule has 1 N–H and O–H groups in total. The fourth-order valence-electron chi connectivity index (χ4n) is 5.88. The molecule has 1 aliphatic carbocycles. The molecule has 1 aromatic heterocycles. The fraction of sp³-hybridized carbons (Fsp3) is 0.242. The van der Waals surface area contributed by atoms with Crippen LogP contribution in [0.25, 0.3) is 0 Å². The van der Waals surface area contributed by atoms with Crippen molar-refractivity contribution in [2.75, 3.05) is 6.54 Å². The third-order valence-corrected chi connectivity index (χ3v) is 9.83. The zero-order valence-corrected chi connectivity index (χ0v) is 25.2. The van der Waals surface area contributed by atoms with E-state index in [9.17, 15) is 14.4 Å². The van der Waals surface area contributed by atoms with Gasteiger partial charge in [-0.1, -0.05) is 72.3 Å². The molecule has 2 aliphatic rings. The van der Waals surface area contributed by atoms with Gasteiger partial charge in [0.1, 0.15) is 6.04 Å². The first-order valence-corrected chi connectivity index (χ1v) is 15.7. The molecule has 6 rings (SSSR count). The summed E-state index contributed by atoms with van der Waals surface area (Å²) in [5, 5.41) is 5.57. The van der Waals surface area contributed by atoms with Crippen LogP contribution in [0.5, 0.6) is 0 Å². The van der Waals surface area contributed by atoms with Crippen molar-refractivity contribution in [3.63, 3.8) is 0 Å². The van der Waals surface area contributed by atoms with Crippen LogP contribution in [-0.4, -0.2) is 35.1 Å². The third-order valence-electron chi connectivity index (χ3n) is 8.00. The average molecular weight is 648 g/mol. The first-order chi connectivity index (χ1) is 19.9. The van der Waals surface area contributed by atoms with Gasteiger partial charge in [0.15, 0.2) is 5.78 Å². The van der Waals surface area contributed by atoms with Gasteiger partial charge in [-0.2, -0.15) is 0 Å². The van der Waals surface area contributed by atoms with Crippen molar-refractivity contribution in [1.29, 1.82) is 0 Å². The number of nitrogens with zero attached hydrogens (tertiary/aromatic N) is 1. The number of likely N-dealkylation sites (tertiary alicyclic amines) is 1. The summed E-state index contributed by atoms with van der Waals surface area (Å²) in [5.41, 5.74) is 2.03. The second-order valence-corrected chi connectivity index (χ2v) is 12.9. The van der Waals surface area contributed by atoms with Crippen LogP contribution in [-0.2, 0) is 4.79 Å². The fourth-order valence-corrected chi connectivity index (χ4v) is 7.17. The smallest absolute Gasteiger partial charge is 0.256 e. The number of benzene rings is 3. The highest BCUT2D eigenvalue weighted by atomic mass is 79.9. The van der Waals surface area contributed by atoms with E-state index in [1.807, 2.05) is 72.1 Å². The maximum absolute atomic E-state index is 14.6. The SMILES string of the molecule is O=C(c1cccs1)C1C(c2ccc(Cl)cc2)C(C(=O)NCC2CC2)N(C(=O)c2ccccc2Br)C1c1ccccc1. The first-order valence-electron chi connectivity index (χ1n) is 13.7. The quantitative estimate of drug-likeness (QED) is 0.201. The van der Waals surface area contributed by atoms with E-state index in [1.165, 1.54) is 11.3 Å². The number of Topliss-reactive ketones (excluding diaryl/α,β-unsaturated/α-hetero) is 1. The molecule has 41 heavy (non-hydrogen) atoms. The number of thiophene rings is 1. The monoisotopic (exact) mass is 646 g/mol. The summed E-state index contributed by atoms with van der Waals surface area (Å²) in [6.45, 7) is 0.555. The zero-order valence-electron chi connectivity index (χ0n) is 22.1. The van der Waals surface area contributed by atoms with Crippen molar-refractivity contribution < 1.29 is 14.4 Å². The molecule has 5 nitrogen and oxygen atoms in total. The predicted octanol–water partition coefficient (Wildman–Crippen LogP) is 7.54. The zero-order chi connectivity index (χ0) is 28.5. The van der Waals surface area contributed by atoms with E-state index in [-0.39, 0.29) is 17.6 Å². The second kappa shape index (κ2) is 11.9. The summed E-state index contributed by atoms with van der Waals surface area (Å²) < 4.78 is 0.630. The molecule has 4 aromatic rings. The Kier molecular flexibility index (Phi) is 8.11. The van der Waals surface area contributed by atoms with Gasteiger partial charge in [0.05, 0.1) is 22.4 Å². The Morgan fingerprint density at radius 2 is 1.59 bits per heavy atom. The molecule has 4 unspecified atom stereocenters. The minimum Gasteiger partial charge on any atom is -0.354 e. The summed E-state index contributed by atoms with van der Waals surface area (Å²) >= 11 is 11.2. The van der Waals surface area contributed by atoms with Gasteiger partial charge in [0, 0.05) is 22.0 Å². The van der Waals surface area contributed by atoms with Crippen molar-refractivity contribution in [3.8, 4) is 0 Å². The number of carbonyl (C=O) groups excluding carboxylic acids is 3. The molecule has 1 aliphatic heterocycles. The normalized spacial score (nSPS) is 22.0. The number of amides is 2. The highest BCUT2D eigenvalue weighted by Crippen LogP contribution is 2.52. The summed E-state index contributed by atoms with van der Waals surface area (Å²) in [6.07, 6.45) is 2.16. The van der Waals surface area contributed by atoms with Crippen LogP contribution >= 0.6 is 38.9 Å². The minimum absolute atomic E-state index is 0.0868. The number of halogens is 2. The highest BCUT2D eigenvalue weighted by Gasteiger charge is 2.57. The molecule has 0 spiro atoms. The van der Waals surface area contributed by atoms with Crippen LogP contribution in [0.1, 0.15) is 56.0 Å². The van der Waals surface area contributed by atoms with Crippen LogP contribution in [0.3, 0.4) is 0 Å². The molecule has 2 heterocycles. The Hall–Kier alpha value is -3.26. The topological polar surface area (TPSA) is 66.5 Å². The predicted molar refractivity (Wildman–Crippen MR) is 165 cm³/mol. The molecule has 2 amide bonds. The maximum atomic E-state index is 14.6. The van der Waals surface area contributed by atoms with Crippen molar-refractivity contribution in [1.82, 2.24) is 10.2 Å². The van der Waals surface area contributed by atoms with E-state index in [0.717, 1.165) is 24.0 Å². The van der Waals surface area contributed by atoms with Crippen molar-refractivity contribution in [2.45, 2.75) is 30.8 Å². The Labute approximate surface area is 256 Å². The highest BCUT2D eigenvalue weighted by molar-refractivity contribution is 9.10. The second-order valence-electron chi connectivity index (χ2n) is 10.6. The molecule has 1 saturated carbocycles. The third kappa shape index (κ3) is 5.63. The number of rotatable bonds is 8.